The molecule has 2 rings (SSSR count). The highest BCUT2D eigenvalue weighted by atomic mass is 79.9. The number of alkyl halides is 1. The van der Waals surface area contributed by atoms with Crippen LogP contribution < -0.4 is 4.90 Å². The molecular weight excluding hydrogens is 254 g/mol. The van der Waals surface area contributed by atoms with Gasteiger partial charge in [0.15, 0.2) is 0 Å². The van der Waals surface area contributed by atoms with E-state index in [0.29, 0.717) is 6.42 Å². The summed E-state index contributed by atoms with van der Waals surface area (Å²) in [5.41, 5.74) is 2.40. The second-order valence-corrected chi connectivity index (χ2v) is 4.51. The van der Waals surface area contributed by atoms with Gasteiger partial charge in [-0.1, -0.05) is 34.1 Å². The highest BCUT2D eigenvalue weighted by Crippen LogP contribution is 2.27. The monoisotopic (exact) mass is 267 g/mol. The fraction of sp³-hybridized carbons (Fsp3) is 0.417. The minimum Gasteiger partial charge on any atom is -0.312 e. The van der Waals surface area contributed by atoms with Gasteiger partial charge in [-0.05, 0) is 24.5 Å². The summed E-state index contributed by atoms with van der Waals surface area (Å²) in [7, 11) is 0. The fourth-order valence-corrected chi connectivity index (χ4v) is 2.21. The average molecular weight is 268 g/mol. The van der Waals surface area contributed by atoms with E-state index in [-0.39, 0.29) is 5.91 Å². The third-order valence-electron chi connectivity index (χ3n) is 2.71. The number of carbonyl (C=O) groups is 1. The number of nitrogens with zero attached hydrogens (tertiary/aromatic N) is 1. The number of hydrogen-bond donors (Lipinski definition) is 0. The molecule has 0 bridgehead atoms. The zero-order valence-corrected chi connectivity index (χ0v) is 10.2. The maximum absolute atomic E-state index is 11.8. The van der Waals surface area contributed by atoms with Gasteiger partial charge in [-0.2, -0.15) is 0 Å². The summed E-state index contributed by atoms with van der Waals surface area (Å²) in [6.45, 7) is 0.821. The summed E-state index contributed by atoms with van der Waals surface area (Å²) in [5, 5.41) is 0.943. The van der Waals surface area contributed by atoms with Gasteiger partial charge < -0.3 is 4.90 Å². The first-order valence-electron chi connectivity index (χ1n) is 5.27. The Morgan fingerprint density at radius 2 is 2.07 bits per heavy atom. The van der Waals surface area contributed by atoms with E-state index < -0.39 is 0 Å². The van der Waals surface area contributed by atoms with Crippen LogP contribution in [0.4, 0.5) is 5.69 Å². The molecule has 1 aliphatic heterocycles. The van der Waals surface area contributed by atoms with E-state index in [1.165, 1.54) is 5.56 Å². The zero-order chi connectivity index (χ0) is 10.7. The number of benzene rings is 1. The molecule has 1 heterocycles. The Balaban J connectivity index is 2.25. The van der Waals surface area contributed by atoms with Crippen LogP contribution in [0, 0.1) is 0 Å². The smallest absolute Gasteiger partial charge is 0.227 e. The van der Waals surface area contributed by atoms with Crippen molar-refractivity contribution in [1.82, 2.24) is 0 Å². The highest BCUT2D eigenvalue weighted by Gasteiger charge is 2.22. The maximum atomic E-state index is 11.8. The lowest BCUT2D eigenvalue weighted by molar-refractivity contribution is -0.118. The summed E-state index contributed by atoms with van der Waals surface area (Å²) in [6, 6.07) is 8.19. The molecule has 1 aromatic rings. The van der Waals surface area contributed by atoms with Crippen molar-refractivity contribution in [2.75, 3.05) is 16.8 Å². The van der Waals surface area contributed by atoms with Gasteiger partial charge in [-0.15, -0.1) is 0 Å². The van der Waals surface area contributed by atoms with Gasteiger partial charge in [-0.3, -0.25) is 4.79 Å². The molecule has 3 heteroatoms. The van der Waals surface area contributed by atoms with E-state index in [1.807, 2.05) is 23.1 Å². The van der Waals surface area contributed by atoms with E-state index >= 15 is 0 Å². The Morgan fingerprint density at radius 1 is 1.27 bits per heavy atom. The van der Waals surface area contributed by atoms with Crippen LogP contribution in [-0.4, -0.2) is 17.8 Å². The lowest BCUT2D eigenvalue weighted by atomic mass is 10.0. The van der Waals surface area contributed by atoms with E-state index in [9.17, 15) is 4.79 Å². The topological polar surface area (TPSA) is 20.3 Å². The number of anilines is 1. The predicted molar refractivity (Wildman–Crippen MR) is 65.5 cm³/mol. The first-order valence-corrected chi connectivity index (χ1v) is 6.39. The largest absolute Gasteiger partial charge is 0.312 e. The van der Waals surface area contributed by atoms with Crippen LogP contribution in [-0.2, 0) is 11.2 Å². The van der Waals surface area contributed by atoms with E-state index in [4.69, 9.17) is 0 Å². The summed E-state index contributed by atoms with van der Waals surface area (Å²) >= 11 is 3.40. The predicted octanol–water partition coefficient (Wildman–Crippen LogP) is 2.75. The molecule has 0 fully saturated rings. The SMILES string of the molecule is O=C1CCc2ccccc2N1CCCBr. The van der Waals surface area contributed by atoms with Crippen LogP contribution in [0.3, 0.4) is 0 Å². The molecule has 1 aromatic carbocycles. The molecule has 15 heavy (non-hydrogen) atoms. The molecule has 0 saturated carbocycles. The van der Waals surface area contributed by atoms with E-state index in [1.54, 1.807) is 0 Å². The van der Waals surface area contributed by atoms with Crippen LogP contribution in [0.25, 0.3) is 0 Å². The number of fused-ring (bicyclic) bond motifs is 1. The Morgan fingerprint density at radius 3 is 2.87 bits per heavy atom. The Kier molecular flexibility index (Phi) is 3.41. The van der Waals surface area contributed by atoms with Gasteiger partial charge in [0.2, 0.25) is 5.91 Å². The van der Waals surface area contributed by atoms with Gasteiger partial charge in [0.05, 0.1) is 0 Å². The quantitative estimate of drug-likeness (QED) is 0.772. The van der Waals surface area contributed by atoms with Gasteiger partial charge in [0, 0.05) is 24.0 Å². The lowest BCUT2D eigenvalue weighted by Crippen LogP contribution is -2.35. The second kappa shape index (κ2) is 4.79. The van der Waals surface area contributed by atoms with Crippen LogP contribution in [0.5, 0.6) is 0 Å². The van der Waals surface area contributed by atoms with Crippen LogP contribution in [0.2, 0.25) is 0 Å². The molecule has 0 aliphatic carbocycles. The molecule has 0 unspecified atom stereocenters. The number of carbonyl (C=O) groups excluding carboxylic acids is 1. The Bertz CT molecular complexity index is 364. The number of rotatable bonds is 3. The minimum atomic E-state index is 0.259. The lowest BCUT2D eigenvalue weighted by Gasteiger charge is -2.29. The minimum absolute atomic E-state index is 0.259. The number of para-hydroxylation sites is 1. The van der Waals surface area contributed by atoms with Crippen molar-refractivity contribution < 1.29 is 4.79 Å². The normalized spacial score (nSPS) is 15.3. The molecule has 2 nitrogen and oxygen atoms in total. The van der Waals surface area contributed by atoms with Crippen molar-refractivity contribution in [2.45, 2.75) is 19.3 Å². The molecule has 0 atom stereocenters. The standard InChI is InChI=1S/C12H14BrNO/c13-8-3-9-14-11-5-2-1-4-10(11)6-7-12(14)15/h1-2,4-5H,3,6-9H2. The average Bonchev–Trinajstić information content (AvgIpc) is 2.28. The van der Waals surface area contributed by atoms with Gasteiger partial charge in [0.25, 0.3) is 0 Å². The van der Waals surface area contributed by atoms with Crippen LogP contribution >= 0.6 is 15.9 Å². The van der Waals surface area contributed by atoms with E-state index in [0.717, 1.165) is 30.4 Å². The summed E-state index contributed by atoms with van der Waals surface area (Å²) < 4.78 is 0. The molecule has 0 aromatic heterocycles. The van der Waals surface area contributed by atoms with Gasteiger partial charge >= 0.3 is 0 Å². The molecule has 0 saturated heterocycles. The molecular formula is C12H14BrNO. The molecule has 80 valence electrons. The Labute approximate surface area is 98.4 Å². The van der Waals surface area contributed by atoms with Crippen molar-refractivity contribution in [2.24, 2.45) is 0 Å². The van der Waals surface area contributed by atoms with Crippen molar-refractivity contribution in [3.8, 4) is 0 Å². The molecule has 1 amide bonds. The van der Waals surface area contributed by atoms with Crippen molar-refractivity contribution in [3.05, 3.63) is 29.8 Å². The number of halogens is 1. The summed E-state index contributed by atoms with van der Waals surface area (Å²) in [4.78, 5) is 13.7. The number of aryl methyl sites for hydroxylation is 1. The first-order chi connectivity index (χ1) is 7.33. The fourth-order valence-electron chi connectivity index (χ4n) is 1.96. The number of hydrogen-bond acceptors (Lipinski definition) is 1. The zero-order valence-electron chi connectivity index (χ0n) is 8.58. The number of amides is 1. The van der Waals surface area contributed by atoms with Crippen molar-refractivity contribution in [3.63, 3.8) is 0 Å². The first kappa shape index (κ1) is 10.7. The van der Waals surface area contributed by atoms with E-state index in [2.05, 4.69) is 22.0 Å². The van der Waals surface area contributed by atoms with Gasteiger partial charge in [-0.25, -0.2) is 0 Å². The third kappa shape index (κ3) is 2.23. The molecule has 1 aliphatic rings. The Hall–Kier alpha value is -0.830. The third-order valence-corrected chi connectivity index (χ3v) is 3.27. The highest BCUT2D eigenvalue weighted by molar-refractivity contribution is 9.09. The summed E-state index contributed by atoms with van der Waals surface area (Å²) in [6.07, 6.45) is 2.54. The van der Waals surface area contributed by atoms with Crippen molar-refractivity contribution >= 4 is 27.5 Å². The van der Waals surface area contributed by atoms with Crippen molar-refractivity contribution in [1.29, 1.82) is 0 Å². The van der Waals surface area contributed by atoms with Crippen LogP contribution in [0.1, 0.15) is 18.4 Å². The molecule has 0 spiro atoms. The van der Waals surface area contributed by atoms with Crippen LogP contribution in [0.15, 0.2) is 24.3 Å². The summed E-state index contributed by atoms with van der Waals surface area (Å²) in [5.74, 6) is 0.259. The van der Waals surface area contributed by atoms with Gasteiger partial charge in [0.1, 0.15) is 0 Å². The molecule has 0 radical (unpaired) electrons. The molecule has 0 N–H and O–H groups in total. The maximum Gasteiger partial charge on any atom is 0.227 e. The second-order valence-electron chi connectivity index (χ2n) is 3.72.